The van der Waals surface area contributed by atoms with Crippen LogP contribution in [0.2, 0.25) is 0 Å². The molecule has 2 N–H and O–H groups in total. The minimum absolute atomic E-state index is 0.0788. The van der Waals surface area contributed by atoms with Gasteiger partial charge >= 0.3 is 0 Å². The van der Waals surface area contributed by atoms with Crippen LogP contribution >= 0.6 is 0 Å². The zero-order valence-corrected chi connectivity index (χ0v) is 16.6. The van der Waals surface area contributed by atoms with E-state index in [9.17, 15) is 18.8 Å². The second-order valence-electron chi connectivity index (χ2n) is 7.81. The molecule has 1 aliphatic heterocycles. The number of amides is 3. The average Bonchev–Trinajstić information content (AvgIpc) is 2.76. The lowest BCUT2D eigenvalue weighted by Gasteiger charge is -2.30. The molecule has 0 atom stereocenters. The van der Waals surface area contributed by atoms with E-state index in [0.29, 0.717) is 31.6 Å². The van der Waals surface area contributed by atoms with Gasteiger partial charge in [0.1, 0.15) is 5.82 Å². The number of benzene rings is 1. The molecule has 3 amide bonds. The fourth-order valence-corrected chi connectivity index (χ4v) is 4.03. The van der Waals surface area contributed by atoms with Crippen LogP contribution in [0.15, 0.2) is 30.9 Å². The van der Waals surface area contributed by atoms with Crippen LogP contribution in [0, 0.1) is 17.7 Å². The van der Waals surface area contributed by atoms with E-state index in [4.69, 9.17) is 0 Å². The predicted octanol–water partition coefficient (Wildman–Crippen LogP) is 3.71. The van der Waals surface area contributed by atoms with Gasteiger partial charge in [0.15, 0.2) is 0 Å². The fraction of sp³-hybridized carbons (Fsp3) is 0.500. The third kappa shape index (κ3) is 5.43. The van der Waals surface area contributed by atoms with Gasteiger partial charge in [0.2, 0.25) is 17.7 Å². The van der Waals surface area contributed by atoms with E-state index in [1.807, 2.05) is 0 Å². The van der Waals surface area contributed by atoms with Crippen LogP contribution in [0.5, 0.6) is 0 Å². The summed E-state index contributed by atoms with van der Waals surface area (Å²) in [6.45, 7) is 4.50. The smallest absolute Gasteiger partial charge is 0.245 e. The zero-order valence-electron chi connectivity index (χ0n) is 16.6. The maximum absolute atomic E-state index is 14.2. The van der Waals surface area contributed by atoms with Crippen molar-refractivity contribution in [2.45, 2.75) is 44.9 Å². The molecule has 0 unspecified atom stereocenters. The van der Waals surface area contributed by atoms with Crippen molar-refractivity contribution in [3.63, 3.8) is 0 Å². The van der Waals surface area contributed by atoms with E-state index >= 15 is 0 Å². The van der Waals surface area contributed by atoms with Crippen LogP contribution in [0.25, 0.3) is 0 Å². The molecular weight excluding hydrogens is 373 g/mol. The Morgan fingerprint density at radius 3 is 2.24 bits per heavy atom. The first-order chi connectivity index (χ1) is 14.0. The van der Waals surface area contributed by atoms with Crippen molar-refractivity contribution < 1.29 is 18.8 Å². The summed E-state index contributed by atoms with van der Waals surface area (Å²) < 4.78 is 14.2. The lowest BCUT2D eigenvalue weighted by Crippen LogP contribution is -2.40. The normalized spacial score (nSPS) is 18.2. The molecule has 1 heterocycles. The van der Waals surface area contributed by atoms with Gasteiger partial charge in [-0.05, 0) is 50.0 Å². The number of piperidine rings is 1. The number of hydrogen-bond acceptors (Lipinski definition) is 3. The van der Waals surface area contributed by atoms with Crippen molar-refractivity contribution in [1.29, 1.82) is 0 Å². The Morgan fingerprint density at radius 2 is 1.59 bits per heavy atom. The molecule has 156 valence electrons. The number of hydrogen-bond donors (Lipinski definition) is 2. The van der Waals surface area contributed by atoms with Gasteiger partial charge in [0, 0.05) is 30.6 Å². The van der Waals surface area contributed by atoms with Gasteiger partial charge in [-0.3, -0.25) is 14.4 Å². The average molecular weight is 401 g/mol. The number of nitrogens with zero attached hydrogens (tertiary/aromatic N) is 1. The molecule has 0 bridgehead atoms. The van der Waals surface area contributed by atoms with Crippen molar-refractivity contribution in [2.24, 2.45) is 11.8 Å². The van der Waals surface area contributed by atoms with Crippen molar-refractivity contribution in [3.05, 3.63) is 36.7 Å². The summed E-state index contributed by atoms with van der Waals surface area (Å²) in [6, 6.07) is 4.20. The Kier molecular flexibility index (Phi) is 7.01. The number of carbonyl (C=O) groups is 3. The van der Waals surface area contributed by atoms with Crippen LogP contribution in [-0.4, -0.2) is 35.7 Å². The SMILES string of the molecule is C=CC(=O)N1CCC(C(=O)Nc2ccc(F)c(NC(=O)C3CCCCC3)c2)CC1. The van der Waals surface area contributed by atoms with E-state index in [2.05, 4.69) is 17.2 Å². The second kappa shape index (κ2) is 9.67. The number of nitrogens with one attached hydrogen (secondary N) is 2. The number of rotatable bonds is 5. The molecule has 2 fully saturated rings. The number of carbonyl (C=O) groups excluding carboxylic acids is 3. The quantitative estimate of drug-likeness (QED) is 0.739. The molecule has 6 nitrogen and oxygen atoms in total. The lowest BCUT2D eigenvalue weighted by molar-refractivity contribution is -0.130. The van der Waals surface area contributed by atoms with E-state index in [1.165, 1.54) is 24.3 Å². The highest BCUT2D eigenvalue weighted by Crippen LogP contribution is 2.27. The highest BCUT2D eigenvalue weighted by atomic mass is 19.1. The summed E-state index contributed by atoms with van der Waals surface area (Å²) >= 11 is 0. The molecule has 7 heteroatoms. The van der Waals surface area contributed by atoms with Crippen molar-refractivity contribution >= 4 is 29.1 Å². The molecule has 2 aliphatic rings. The van der Waals surface area contributed by atoms with Gasteiger partial charge in [-0.15, -0.1) is 0 Å². The standard InChI is InChI=1S/C22H28FN3O3/c1-2-20(27)26-12-10-16(11-13-26)21(28)24-17-8-9-18(23)19(14-17)25-22(29)15-6-4-3-5-7-15/h2,8-9,14-16H,1,3-7,10-13H2,(H,24,28)(H,25,29). The lowest BCUT2D eigenvalue weighted by atomic mass is 9.88. The summed E-state index contributed by atoms with van der Waals surface area (Å²) in [7, 11) is 0. The number of likely N-dealkylation sites (tertiary alicyclic amines) is 1. The van der Waals surface area contributed by atoms with Crippen LogP contribution in [0.1, 0.15) is 44.9 Å². The Hall–Kier alpha value is -2.70. The summed E-state index contributed by atoms with van der Waals surface area (Å²) in [5.41, 5.74) is 0.532. The monoisotopic (exact) mass is 401 g/mol. The van der Waals surface area contributed by atoms with Crippen LogP contribution < -0.4 is 10.6 Å². The number of anilines is 2. The molecule has 1 aliphatic carbocycles. The van der Waals surface area contributed by atoms with Crippen molar-refractivity contribution in [1.82, 2.24) is 4.90 Å². The first-order valence-corrected chi connectivity index (χ1v) is 10.3. The summed E-state index contributed by atoms with van der Waals surface area (Å²) in [6.07, 6.45) is 7.26. The number of halogens is 1. The highest BCUT2D eigenvalue weighted by molar-refractivity contribution is 5.96. The second-order valence-corrected chi connectivity index (χ2v) is 7.81. The summed E-state index contributed by atoms with van der Waals surface area (Å²) in [5, 5.41) is 5.49. The molecule has 29 heavy (non-hydrogen) atoms. The van der Waals surface area contributed by atoms with E-state index in [-0.39, 0.29) is 35.2 Å². The molecule has 0 radical (unpaired) electrons. The van der Waals surface area contributed by atoms with E-state index in [1.54, 1.807) is 4.90 Å². The van der Waals surface area contributed by atoms with E-state index < -0.39 is 5.82 Å². The Bertz CT molecular complexity index is 782. The van der Waals surface area contributed by atoms with Crippen LogP contribution in [0.4, 0.5) is 15.8 Å². The van der Waals surface area contributed by atoms with Crippen molar-refractivity contribution in [2.75, 3.05) is 23.7 Å². The van der Waals surface area contributed by atoms with E-state index in [0.717, 1.165) is 32.1 Å². The molecule has 1 saturated carbocycles. The minimum Gasteiger partial charge on any atom is -0.339 e. The molecule has 1 aromatic rings. The van der Waals surface area contributed by atoms with Gasteiger partial charge in [-0.2, -0.15) is 0 Å². The van der Waals surface area contributed by atoms with Gasteiger partial charge in [-0.25, -0.2) is 4.39 Å². The maximum Gasteiger partial charge on any atom is 0.245 e. The van der Waals surface area contributed by atoms with Gasteiger partial charge in [-0.1, -0.05) is 25.8 Å². The third-order valence-electron chi connectivity index (χ3n) is 5.82. The molecule has 1 aromatic carbocycles. The van der Waals surface area contributed by atoms with Gasteiger partial charge in [0.05, 0.1) is 5.69 Å². The molecular formula is C22H28FN3O3. The Labute approximate surface area is 170 Å². The largest absolute Gasteiger partial charge is 0.339 e. The molecule has 3 rings (SSSR count). The van der Waals surface area contributed by atoms with Crippen LogP contribution in [-0.2, 0) is 14.4 Å². The molecule has 1 saturated heterocycles. The topological polar surface area (TPSA) is 78.5 Å². The molecule has 0 aromatic heterocycles. The minimum atomic E-state index is -0.525. The van der Waals surface area contributed by atoms with Crippen LogP contribution in [0.3, 0.4) is 0 Å². The summed E-state index contributed by atoms with van der Waals surface area (Å²) in [5.74, 6) is -1.26. The first-order valence-electron chi connectivity index (χ1n) is 10.3. The summed E-state index contributed by atoms with van der Waals surface area (Å²) in [4.78, 5) is 38.3. The maximum atomic E-state index is 14.2. The Balaban J connectivity index is 1.58. The molecule has 0 spiro atoms. The highest BCUT2D eigenvalue weighted by Gasteiger charge is 2.27. The zero-order chi connectivity index (χ0) is 20.8. The third-order valence-corrected chi connectivity index (χ3v) is 5.82. The first kappa shape index (κ1) is 21.0. The van der Waals surface area contributed by atoms with Crippen molar-refractivity contribution in [3.8, 4) is 0 Å². The van der Waals surface area contributed by atoms with Gasteiger partial charge in [0.25, 0.3) is 0 Å². The fourth-order valence-electron chi connectivity index (χ4n) is 4.03. The predicted molar refractivity (Wildman–Crippen MR) is 110 cm³/mol. The van der Waals surface area contributed by atoms with Gasteiger partial charge < -0.3 is 15.5 Å². The Morgan fingerprint density at radius 1 is 0.966 bits per heavy atom.